The van der Waals surface area contributed by atoms with Crippen LogP contribution in [0.1, 0.15) is 20.8 Å². The van der Waals surface area contributed by atoms with Gasteiger partial charge >= 0.3 is 0 Å². The van der Waals surface area contributed by atoms with Crippen LogP contribution in [-0.4, -0.2) is 0 Å². The zero-order chi connectivity index (χ0) is 12.6. The quantitative estimate of drug-likeness (QED) is 0.537. The Kier molecular flexibility index (Phi) is 4.29. The van der Waals surface area contributed by atoms with E-state index in [1.165, 1.54) is 17.4 Å². The maximum absolute atomic E-state index is 13.7. The van der Waals surface area contributed by atoms with Gasteiger partial charge in [0.2, 0.25) is 0 Å². The second-order valence-corrected chi connectivity index (χ2v) is 7.15. The van der Waals surface area contributed by atoms with Crippen molar-refractivity contribution in [1.82, 2.24) is 0 Å². The van der Waals surface area contributed by atoms with Gasteiger partial charge in [-0.2, -0.15) is 0 Å². The highest BCUT2D eigenvalue weighted by molar-refractivity contribution is 9.10. The standard InChI is InChI=1S/C12H8Br2ClFS/c1-6-4-10(17-12(6)15)11(14)8-5-7(13)2-3-9(8)16/h2-5,11H,1H3. The molecule has 1 aromatic carbocycles. The summed E-state index contributed by atoms with van der Waals surface area (Å²) in [5.41, 5.74) is 1.63. The predicted molar refractivity (Wildman–Crippen MR) is 78.9 cm³/mol. The van der Waals surface area contributed by atoms with Gasteiger partial charge in [0.15, 0.2) is 0 Å². The summed E-state index contributed by atoms with van der Waals surface area (Å²) < 4.78 is 15.3. The normalized spacial score (nSPS) is 12.8. The summed E-state index contributed by atoms with van der Waals surface area (Å²) in [6, 6.07) is 6.89. The first-order valence-electron chi connectivity index (χ1n) is 4.84. The summed E-state index contributed by atoms with van der Waals surface area (Å²) in [5.74, 6) is -0.225. The molecule has 0 aliphatic carbocycles. The minimum atomic E-state index is -0.225. The van der Waals surface area contributed by atoms with E-state index < -0.39 is 0 Å². The minimum absolute atomic E-state index is 0.170. The molecule has 17 heavy (non-hydrogen) atoms. The smallest absolute Gasteiger partial charge is 0.127 e. The Labute approximate surface area is 125 Å². The number of aryl methyl sites for hydroxylation is 1. The average Bonchev–Trinajstić information content (AvgIpc) is 2.62. The maximum atomic E-state index is 13.7. The zero-order valence-corrected chi connectivity index (χ0v) is 13.6. The molecule has 2 aromatic rings. The van der Waals surface area contributed by atoms with Crippen molar-refractivity contribution in [1.29, 1.82) is 0 Å². The molecule has 1 heterocycles. The van der Waals surface area contributed by atoms with Crippen molar-refractivity contribution in [2.24, 2.45) is 0 Å². The van der Waals surface area contributed by atoms with Crippen molar-refractivity contribution >= 4 is 54.8 Å². The summed E-state index contributed by atoms with van der Waals surface area (Å²) in [6.45, 7) is 1.94. The van der Waals surface area contributed by atoms with Crippen molar-refractivity contribution in [3.63, 3.8) is 0 Å². The highest BCUT2D eigenvalue weighted by Gasteiger charge is 2.18. The van der Waals surface area contributed by atoms with Gasteiger partial charge in [-0.1, -0.05) is 43.5 Å². The van der Waals surface area contributed by atoms with Crippen molar-refractivity contribution in [3.05, 3.63) is 54.9 Å². The first-order valence-corrected chi connectivity index (χ1v) is 7.74. The third kappa shape index (κ3) is 2.92. The Hall–Kier alpha value is 0.1000. The van der Waals surface area contributed by atoms with Crippen molar-refractivity contribution in [2.45, 2.75) is 11.8 Å². The Morgan fingerprint density at radius 2 is 2.06 bits per heavy atom. The molecule has 1 aromatic heterocycles. The van der Waals surface area contributed by atoms with Crippen LogP contribution in [0.25, 0.3) is 0 Å². The van der Waals surface area contributed by atoms with Crippen molar-refractivity contribution in [3.8, 4) is 0 Å². The molecular weight excluding hydrogens is 390 g/mol. The summed E-state index contributed by atoms with van der Waals surface area (Å²) in [4.78, 5) is 0.834. The average molecular weight is 399 g/mol. The van der Waals surface area contributed by atoms with E-state index in [4.69, 9.17) is 11.6 Å². The fraction of sp³-hybridized carbons (Fsp3) is 0.167. The molecule has 0 fully saturated rings. The molecule has 0 bridgehead atoms. The molecule has 0 spiro atoms. The van der Waals surface area contributed by atoms with Crippen molar-refractivity contribution < 1.29 is 4.39 Å². The summed E-state index contributed by atoms with van der Waals surface area (Å²) in [5, 5.41) is 0. The lowest BCUT2D eigenvalue weighted by molar-refractivity contribution is 0.613. The van der Waals surface area contributed by atoms with E-state index >= 15 is 0 Å². The van der Waals surface area contributed by atoms with Gasteiger partial charge in [0.25, 0.3) is 0 Å². The van der Waals surface area contributed by atoms with E-state index in [0.29, 0.717) is 5.56 Å². The molecule has 0 saturated carbocycles. The number of hydrogen-bond acceptors (Lipinski definition) is 1. The second kappa shape index (κ2) is 5.39. The summed E-state index contributed by atoms with van der Waals surface area (Å²) in [7, 11) is 0. The molecule has 0 amide bonds. The first kappa shape index (κ1) is 13.5. The first-order chi connectivity index (χ1) is 7.99. The molecule has 90 valence electrons. The van der Waals surface area contributed by atoms with Gasteiger partial charge in [0, 0.05) is 14.9 Å². The van der Waals surface area contributed by atoms with Crippen LogP contribution in [0.5, 0.6) is 0 Å². The molecular formula is C12H8Br2ClFS. The molecule has 0 aliphatic rings. The van der Waals surface area contributed by atoms with Crippen LogP contribution < -0.4 is 0 Å². The second-order valence-electron chi connectivity index (χ2n) is 3.63. The Morgan fingerprint density at radius 1 is 1.35 bits per heavy atom. The van der Waals surface area contributed by atoms with E-state index in [2.05, 4.69) is 31.9 Å². The molecule has 2 rings (SSSR count). The summed E-state index contributed by atoms with van der Waals surface area (Å²) >= 11 is 14.4. The lowest BCUT2D eigenvalue weighted by atomic mass is 10.1. The van der Waals surface area contributed by atoms with Gasteiger partial charge < -0.3 is 0 Å². The molecule has 1 unspecified atom stereocenters. The number of hydrogen-bond donors (Lipinski definition) is 0. The third-order valence-electron chi connectivity index (χ3n) is 2.36. The van der Waals surface area contributed by atoms with Gasteiger partial charge in [-0.3, -0.25) is 0 Å². The number of alkyl halides is 1. The van der Waals surface area contributed by atoms with E-state index in [0.717, 1.165) is 19.2 Å². The number of benzene rings is 1. The Morgan fingerprint density at radius 3 is 2.65 bits per heavy atom. The molecule has 0 saturated heterocycles. The maximum Gasteiger partial charge on any atom is 0.127 e. The number of halogens is 4. The fourth-order valence-electron chi connectivity index (χ4n) is 1.47. The highest BCUT2D eigenvalue weighted by Crippen LogP contribution is 2.40. The molecule has 0 aliphatic heterocycles. The van der Waals surface area contributed by atoms with Gasteiger partial charge in [-0.05, 0) is 36.8 Å². The van der Waals surface area contributed by atoms with E-state index in [9.17, 15) is 4.39 Å². The lowest BCUT2D eigenvalue weighted by Crippen LogP contribution is -1.94. The fourth-order valence-corrected chi connectivity index (χ4v) is 3.83. The van der Waals surface area contributed by atoms with Gasteiger partial charge in [0.1, 0.15) is 5.82 Å². The van der Waals surface area contributed by atoms with E-state index in [-0.39, 0.29) is 10.6 Å². The Balaban J connectivity index is 2.42. The van der Waals surface area contributed by atoms with Crippen LogP contribution in [0.3, 0.4) is 0 Å². The predicted octanol–water partition coefficient (Wildman–Crippen LogP) is 6.10. The molecule has 0 N–H and O–H groups in total. The SMILES string of the molecule is Cc1cc(C(Br)c2cc(Br)ccc2F)sc1Cl. The van der Waals surface area contributed by atoms with E-state index in [1.54, 1.807) is 12.1 Å². The van der Waals surface area contributed by atoms with Gasteiger partial charge in [-0.15, -0.1) is 11.3 Å². The van der Waals surface area contributed by atoms with Crippen LogP contribution >= 0.6 is 54.8 Å². The van der Waals surface area contributed by atoms with Gasteiger partial charge in [0.05, 0.1) is 9.16 Å². The monoisotopic (exact) mass is 396 g/mol. The molecule has 5 heteroatoms. The van der Waals surface area contributed by atoms with Crippen LogP contribution in [0.2, 0.25) is 4.34 Å². The van der Waals surface area contributed by atoms with Crippen LogP contribution in [-0.2, 0) is 0 Å². The van der Waals surface area contributed by atoms with Gasteiger partial charge in [-0.25, -0.2) is 4.39 Å². The lowest BCUT2D eigenvalue weighted by Gasteiger charge is -2.09. The molecule has 0 radical (unpaired) electrons. The Bertz CT molecular complexity index is 534. The molecule has 0 nitrogen and oxygen atoms in total. The number of rotatable bonds is 2. The largest absolute Gasteiger partial charge is 0.207 e. The molecule has 1 atom stereocenters. The topological polar surface area (TPSA) is 0 Å². The highest BCUT2D eigenvalue weighted by atomic mass is 79.9. The third-order valence-corrected chi connectivity index (χ3v) is 5.76. The van der Waals surface area contributed by atoms with Crippen LogP contribution in [0.4, 0.5) is 4.39 Å². The summed E-state index contributed by atoms with van der Waals surface area (Å²) in [6.07, 6.45) is 0. The van der Waals surface area contributed by atoms with Crippen LogP contribution in [0, 0.1) is 12.7 Å². The zero-order valence-electron chi connectivity index (χ0n) is 8.81. The van der Waals surface area contributed by atoms with Crippen LogP contribution in [0.15, 0.2) is 28.7 Å². The number of thiophene rings is 1. The van der Waals surface area contributed by atoms with E-state index in [1.807, 2.05) is 13.0 Å². The van der Waals surface area contributed by atoms with Crippen molar-refractivity contribution in [2.75, 3.05) is 0 Å². The minimum Gasteiger partial charge on any atom is -0.207 e.